The molecule has 0 spiro atoms. The van der Waals surface area contributed by atoms with E-state index in [1.807, 2.05) is 6.92 Å². The van der Waals surface area contributed by atoms with Gasteiger partial charge in [0.05, 0.1) is 17.1 Å². The molecule has 0 bridgehead atoms. The fourth-order valence-corrected chi connectivity index (χ4v) is 2.67. The first-order valence-electron chi connectivity index (χ1n) is 7.45. The predicted molar refractivity (Wildman–Crippen MR) is 85.5 cm³/mol. The molecule has 1 aromatic carbocycles. The molecule has 2 rings (SSSR count). The maximum Gasteiger partial charge on any atom is 0.416 e. The largest absolute Gasteiger partial charge is 0.416 e. The highest BCUT2D eigenvalue weighted by Crippen LogP contribution is 2.31. The van der Waals surface area contributed by atoms with Crippen molar-refractivity contribution in [2.45, 2.75) is 50.9 Å². The third kappa shape index (κ3) is 4.85. The van der Waals surface area contributed by atoms with E-state index < -0.39 is 23.3 Å². The number of benzene rings is 1. The van der Waals surface area contributed by atoms with Crippen molar-refractivity contribution < 1.29 is 18.0 Å². The Morgan fingerprint density at radius 2 is 2.04 bits per heavy atom. The van der Waals surface area contributed by atoms with Crippen molar-refractivity contribution in [3.8, 4) is 0 Å². The minimum absolute atomic E-state index is 0. The van der Waals surface area contributed by atoms with Crippen LogP contribution in [0.1, 0.15) is 50.3 Å². The zero-order valence-electron chi connectivity index (χ0n) is 13.2. The molecule has 1 saturated heterocycles. The lowest BCUT2D eigenvalue weighted by Gasteiger charge is -2.34. The Bertz CT molecular complexity index is 542. The molecule has 0 aromatic heterocycles. The van der Waals surface area contributed by atoms with Crippen molar-refractivity contribution in [3.05, 3.63) is 35.4 Å². The Hall–Kier alpha value is -1.27. The van der Waals surface area contributed by atoms with Crippen molar-refractivity contribution in [1.29, 1.82) is 0 Å². The number of hydrogen-bond donors (Lipinski definition) is 2. The number of halogens is 4. The van der Waals surface area contributed by atoms with Crippen molar-refractivity contribution in [1.82, 2.24) is 10.6 Å². The SMILES string of the molecule is CC(NC(=O)C1(C)CCCCN1)c1cccc(C(F)(F)F)c1.Cl. The van der Waals surface area contributed by atoms with E-state index in [1.54, 1.807) is 13.0 Å². The van der Waals surface area contributed by atoms with Gasteiger partial charge in [0.2, 0.25) is 5.91 Å². The molecule has 1 aliphatic rings. The Morgan fingerprint density at radius 1 is 1.35 bits per heavy atom. The second kappa shape index (κ2) is 7.53. The Labute approximate surface area is 140 Å². The minimum Gasteiger partial charge on any atom is -0.348 e. The van der Waals surface area contributed by atoms with E-state index in [-0.39, 0.29) is 18.3 Å². The third-order valence-corrected chi connectivity index (χ3v) is 4.18. The van der Waals surface area contributed by atoms with Gasteiger partial charge in [0, 0.05) is 0 Å². The molecule has 23 heavy (non-hydrogen) atoms. The molecule has 0 aliphatic carbocycles. The van der Waals surface area contributed by atoms with Crippen LogP contribution in [0.15, 0.2) is 24.3 Å². The van der Waals surface area contributed by atoms with Crippen LogP contribution in [0.2, 0.25) is 0 Å². The van der Waals surface area contributed by atoms with Gasteiger partial charge in [-0.3, -0.25) is 4.79 Å². The molecule has 1 aliphatic heterocycles. The van der Waals surface area contributed by atoms with Crippen LogP contribution in [0.4, 0.5) is 13.2 Å². The van der Waals surface area contributed by atoms with Crippen molar-refractivity contribution in [2.75, 3.05) is 6.54 Å². The summed E-state index contributed by atoms with van der Waals surface area (Å²) in [6.45, 7) is 4.31. The molecule has 2 unspecified atom stereocenters. The topological polar surface area (TPSA) is 41.1 Å². The van der Waals surface area contributed by atoms with Crippen LogP contribution in [0.25, 0.3) is 0 Å². The maximum atomic E-state index is 12.7. The lowest BCUT2D eigenvalue weighted by molar-refractivity contribution is -0.137. The molecule has 1 heterocycles. The molecule has 7 heteroatoms. The van der Waals surface area contributed by atoms with Crippen LogP contribution in [0.3, 0.4) is 0 Å². The number of rotatable bonds is 3. The molecule has 2 atom stereocenters. The zero-order chi connectivity index (χ0) is 16.4. The number of amides is 1. The van der Waals surface area contributed by atoms with Gasteiger partial charge in [-0.15, -0.1) is 12.4 Å². The molecule has 2 N–H and O–H groups in total. The second-order valence-corrected chi connectivity index (χ2v) is 6.03. The predicted octanol–water partition coefficient (Wildman–Crippen LogP) is 3.84. The summed E-state index contributed by atoms with van der Waals surface area (Å²) in [7, 11) is 0. The summed E-state index contributed by atoms with van der Waals surface area (Å²) in [4.78, 5) is 12.4. The van der Waals surface area contributed by atoms with Crippen LogP contribution in [-0.4, -0.2) is 18.0 Å². The normalized spacial score (nSPS) is 22.8. The number of carbonyl (C=O) groups excluding carboxylic acids is 1. The fraction of sp³-hybridized carbons (Fsp3) is 0.562. The van der Waals surface area contributed by atoms with Crippen LogP contribution in [0, 0.1) is 0 Å². The van der Waals surface area contributed by atoms with Crippen LogP contribution in [0.5, 0.6) is 0 Å². The standard InChI is InChI=1S/C16H21F3N2O.ClH/c1-11(12-6-5-7-13(10-12)16(17,18)19)21-14(22)15(2)8-3-4-9-20-15;/h5-7,10-11,20H,3-4,8-9H2,1-2H3,(H,21,22);1H. The Balaban J connectivity index is 0.00000264. The van der Waals surface area contributed by atoms with E-state index >= 15 is 0 Å². The number of piperidine rings is 1. The summed E-state index contributed by atoms with van der Waals surface area (Å²) in [5.41, 5.74) is -0.899. The summed E-state index contributed by atoms with van der Waals surface area (Å²) < 4.78 is 38.2. The first-order valence-corrected chi connectivity index (χ1v) is 7.45. The molecule has 0 saturated carbocycles. The monoisotopic (exact) mass is 350 g/mol. The Kier molecular flexibility index (Phi) is 6.48. The van der Waals surface area contributed by atoms with E-state index in [4.69, 9.17) is 0 Å². The van der Waals surface area contributed by atoms with Crippen molar-refractivity contribution in [3.63, 3.8) is 0 Å². The van der Waals surface area contributed by atoms with Gasteiger partial charge in [0.25, 0.3) is 0 Å². The van der Waals surface area contributed by atoms with Crippen LogP contribution >= 0.6 is 12.4 Å². The summed E-state index contributed by atoms with van der Waals surface area (Å²) in [6, 6.07) is 4.59. The highest BCUT2D eigenvalue weighted by Gasteiger charge is 2.35. The molecular weight excluding hydrogens is 329 g/mol. The molecule has 1 aromatic rings. The first kappa shape index (κ1) is 19.8. The number of hydrogen-bond acceptors (Lipinski definition) is 2. The summed E-state index contributed by atoms with van der Waals surface area (Å²) in [5.74, 6) is -0.169. The summed E-state index contributed by atoms with van der Waals surface area (Å²) >= 11 is 0. The van der Waals surface area contributed by atoms with E-state index in [0.717, 1.165) is 37.9 Å². The number of carbonyl (C=O) groups is 1. The fourth-order valence-electron chi connectivity index (χ4n) is 2.67. The van der Waals surface area contributed by atoms with E-state index in [0.29, 0.717) is 5.56 Å². The molecule has 3 nitrogen and oxygen atoms in total. The molecule has 0 radical (unpaired) electrons. The lowest BCUT2D eigenvalue weighted by atomic mass is 9.89. The molecule has 1 fully saturated rings. The second-order valence-electron chi connectivity index (χ2n) is 6.03. The van der Waals surface area contributed by atoms with Crippen LogP contribution < -0.4 is 10.6 Å². The average Bonchev–Trinajstić information content (AvgIpc) is 2.47. The first-order chi connectivity index (χ1) is 10.2. The summed E-state index contributed by atoms with van der Waals surface area (Å²) in [5, 5.41) is 6.01. The van der Waals surface area contributed by atoms with Gasteiger partial charge < -0.3 is 10.6 Å². The van der Waals surface area contributed by atoms with Crippen LogP contribution in [-0.2, 0) is 11.0 Å². The average molecular weight is 351 g/mol. The van der Waals surface area contributed by atoms with Gasteiger partial charge in [-0.1, -0.05) is 12.1 Å². The van der Waals surface area contributed by atoms with Gasteiger partial charge in [0.15, 0.2) is 0 Å². The van der Waals surface area contributed by atoms with E-state index in [9.17, 15) is 18.0 Å². The van der Waals surface area contributed by atoms with Gasteiger partial charge in [-0.25, -0.2) is 0 Å². The van der Waals surface area contributed by atoms with Gasteiger partial charge >= 0.3 is 6.18 Å². The van der Waals surface area contributed by atoms with Gasteiger partial charge in [-0.2, -0.15) is 13.2 Å². The summed E-state index contributed by atoms with van der Waals surface area (Å²) in [6.07, 6.45) is -1.65. The highest BCUT2D eigenvalue weighted by molar-refractivity contribution is 5.86. The molecule has 1 amide bonds. The third-order valence-electron chi connectivity index (χ3n) is 4.18. The number of alkyl halides is 3. The van der Waals surface area contributed by atoms with E-state index in [2.05, 4.69) is 10.6 Å². The smallest absolute Gasteiger partial charge is 0.348 e. The van der Waals surface area contributed by atoms with Gasteiger partial charge in [0.1, 0.15) is 0 Å². The molecular formula is C16H22ClF3N2O. The van der Waals surface area contributed by atoms with Crippen molar-refractivity contribution in [2.24, 2.45) is 0 Å². The van der Waals surface area contributed by atoms with E-state index in [1.165, 1.54) is 6.07 Å². The van der Waals surface area contributed by atoms with Gasteiger partial charge in [-0.05, 0) is 57.4 Å². The zero-order valence-corrected chi connectivity index (χ0v) is 14.0. The number of nitrogens with one attached hydrogen (secondary N) is 2. The van der Waals surface area contributed by atoms with Crippen molar-refractivity contribution >= 4 is 18.3 Å². The minimum atomic E-state index is -4.38. The highest BCUT2D eigenvalue weighted by atomic mass is 35.5. The Morgan fingerprint density at radius 3 is 2.61 bits per heavy atom. The molecule has 130 valence electrons. The lowest BCUT2D eigenvalue weighted by Crippen LogP contribution is -2.57. The maximum absolute atomic E-state index is 12.7. The quantitative estimate of drug-likeness (QED) is 0.869.